The van der Waals surface area contributed by atoms with Crippen molar-refractivity contribution in [3.8, 4) is 0 Å². The Morgan fingerprint density at radius 2 is 2.17 bits per heavy atom. The molecule has 2 heterocycles. The molecule has 0 spiro atoms. The van der Waals surface area contributed by atoms with Gasteiger partial charge in [-0.15, -0.1) is 11.3 Å². The number of nitrogens with zero attached hydrogens (tertiary/aromatic N) is 3. The Hall–Kier alpha value is -1.72. The van der Waals surface area contributed by atoms with E-state index in [0.717, 1.165) is 21.8 Å². The highest BCUT2D eigenvalue weighted by Crippen LogP contribution is 2.22. The van der Waals surface area contributed by atoms with Crippen molar-refractivity contribution in [3.63, 3.8) is 0 Å². The van der Waals surface area contributed by atoms with Gasteiger partial charge in [-0.3, -0.25) is 4.68 Å². The molecule has 2 N–H and O–H groups in total. The van der Waals surface area contributed by atoms with Crippen LogP contribution in [0.25, 0.3) is 10.2 Å². The third-order valence-electron chi connectivity index (χ3n) is 3.05. The van der Waals surface area contributed by atoms with Crippen LogP contribution in [0, 0.1) is 6.92 Å². The van der Waals surface area contributed by atoms with Crippen LogP contribution < -0.4 is 5.73 Å². The van der Waals surface area contributed by atoms with Gasteiger partial charge in [0.1, 0.15) is 5.01 Å². The van der Waals surface area contributed by atoms with E-state index in [4.69, 9.17) is 5.73 Å². The van der Waals surface area contributed by atoms with Crippen LogP contribution in [-0.4, -0.2) is 14.8 Å². The zero-order chi connectivity index (χ0) is 12.5. The molecule has 18 heavy (non-hydrogen) atoms. The number of thiazole rings is 1. The number of hydrogen-bond donors (Lipinski definition) is 1. The first-order chi connectivity index (χ1) is 8.78. The minimum atomic E-state index is 0.533. The topological polar surface area (TPSA) is 56.7 Å². The maximum absolute atomic E-state index is 5.65. The third-order valence-corrected chi connectivity index (χ3v) is 4.07. The minimum absolute atomic E-state index is 0.533. The van der Waals surface area contributed by atoms with Crippen molar-refractivity contribution in [2.24, 2.45) is 5.73 Å². The normalized spacial score (nSPS) is 11.2. The van der Waals surface area contributed by atoms with Crippen molar-refractivity contribution in [1.82, 2.24) is 14.8 Å². The van der Waals surface area contributed by atoms with E-state index >= 15 is 0 Å². The van der Waals surface area contributed by atoms with E-state index in [1.807, 2.05) is 36.0 Å². The van der Waals surface area contributed by atoms with Crippen molar-refractivity contribution in [1.29, 1.82) is 0 Å². The molecule has 0 fully saturated rings. The lowest BCUT2D eigenvalue weighted by Crippen LogP contribution is -2.05. The zero-order valence-electron chi connectivity index (χ0n) is 10.1. The Morgan fingerprint density at radius 3 is 2.89 bits per heavy atom. The van der Waals surface area contributed by atoms with Crippen LogP contribution in [0.2, 0.25) is 0 Å². The summed E-state index contributed by atoms with van der Waals surface area (Å²) in [5, 5.41) is 5.43. The number of benzene rings is 1. The maximum atomic E-state index is 5.65. The highest BCUT2D eigenvalue weighted by Gasteiger charge is 2.08. The van der Waals surface area contributed by atoms with E-state index in [1.54, 1.807) is 11.3 Å². The summed E-state index contributed by atoms with van der Waals surface area (Å²) in [6.07, 6.45) is 1.84. The van der Waals surface area contributed by atoms with Crippen LogP contribution >= 0.6 is 11.3 Å². The van der Waals surface area contributed by atoms with E-state index in [0.29, 0.717) is 13.1 Å². The third kappa shape index (κ3) is 1.91. The van der Waals surface area contributed by atoms with Gasteiger partial charge in [-0.05, 0) is 19.1 Å². The van der Waals surface area contributed by atoms with Crippen LogP contribution in [0.1, 0.15) is 16.3 Å². The largest absolute Gasteiger partial charge is 0.326 e. The second-order valence-corrected chi connectivity index (χ2v) is 5.31. The number of fused-ring (bicyclic) bond motifs is 1. The fraction of sp³-hybridized carbons (Fsp3) is 0.231. The van der Waals surface area contributed by atoms with Crippen molar-refractivity contribution < 1.29 is 0 Å². The summed E-state index contributed by atoms with van der Waals surface area (Å²) in [7, 11) is 0. The molecule has 0 amide bonds. The molecule has 4 nitrogen and oxygen atoms in total. The number of nitrogens with two attached hydrogens (primary N) is 1. The monoisotopic (exact) mass is 258 g/mol. The first-order valence-corrected chi connectivity index (χ1v) is 6.65. The predicted molar refractivity (Wildman–Crippen MR) is 73.6 cm³/mol. The van der Waals surface area contributed by atoms with Gasteiger partial charge in [-0.2, -0.15) is 5.10 Å². The van der Waals surface area contributed by atoms with Crippen LogP contribution in [0.15, 0.2) is 30.5 Å². The molecule has 0 aliphatic heterocycles. The average molecular weight is 258 g/mol. The second kappa shape index (κ2) is 4.51. The van der Waals surface area contributed by atoms with Gasteiger partial charge in [0.2, 0.25) is 0 Å². The Labute approximate surface area is 109 Å². The summed E-state index contributed by atoms with van der Waals surface area (Å²) in [6.45, 7) is 3.29. The maximum Gasteiger partial charge on any atom is 0.115 e. The van der Waals surface area contributed by atoms with Crippen molar-refractivity contribution in [2.75, 3.05) is 0 Å². The Bertz CT molecular complexity index is 650. The van der Waals surface area contributed by atoms with Gasteiger partial charge in [0, 0.05) is 17.8 Å². The summed E-state index contributed by atoms with van der Waals surface area (Å²) < 4.78 is 3.18. The summed E-state index contributed by atoms with van der Waals surface area (Å²) in [5.41, 5.74) is 8.92. The molecule has 0 saturated carbocycles. The molecule has 0 atom stereocenters. The van der Waals surface area contributed by atoms with E-state index in [-0.39, 0.29) is 0 Å². The molecule has 1 aromatic carbocycles. The van der Waals surface area contributed by atoms with Crippen molar-refractivity contribution in [3.05, 3.63) is 46.7 Å². The lowest BCUT2D eigenvalue weighted by molar-refractivity contribution is 0.661. The molecule has 0 aliphatic carbocycles. The van der Waals surface area contributed by atoms with Gasteiger partial charge < -0.3 is 5.73 Å². The Balaban J connectivity index is 1.93. The molecule has 2 aromatic heterocycles. The molecule has 92 valence electrons. The molecule has 0 bridgehead atoms. The average Bonchev–Trinajstić information content (AvgIpc) is 2.94. The van der Waals surface area contributed by atoms with E-state index in [9.17, 15) is 0 Å². The van der Waals surface area contributed by atoms with Crippen LogP contribution in [-0.2, 0) is 13.1 Å². The fourth-order valence-electron chi connectivity index (χ4n) is 1.96. The number of aromatic nitrogens is 3. The van der Waals surface area contributed by atoms with E-state index < -0.39 is 0 Å². The fourth-order valence-corrected chi connectivity index (χ4v) is 2.91. The van der Waals surface area contributed by atoms with Crippen LogP contribution in [0.3, 0.4) is 0 Å². The number of rotatable bonds is 3. The van der Waals surface area contributed by atoms with Gasteiger partial charge in [0.25, 0.3) is 0 Å². The number of hydrogen-bond acceptors (Lipinski definition) is 4. The van der Waals surface area contributed by atoms with Gasteiger partial charge in [0.15, 0.2) is 0 Å². The lowest BCUT2D eigenvalue weighted by Gasteiger charge is -2.01. The van der Waals surface area contributed by atoms with Gasteiger partial charge >= 0.3 is 0 Å². The standard InChI is InChI=1S/C13H14N4S/c1-9-10(6-14)7-15-17(9)8-13-16-11-4-2-3-5-12(11)18-13/h2-5,7H,6,8,14H2,1H3. The predicted octanol–water partition coefficient (Wildman–Crippen LogP) is 2.31. The first kappa shape index (κ1) is 11.4. The van der Waals surface area contributed by atoms with Crippen molar-refractivity contribution in [2.45, 2.75) is 20.0 Å². The van der Waals surface area contributed by atoms with Gasteiger partial charge in [-0.25, -0.2) is 4.98 Å². The first-order valence-electron chi connectivity index (χ1n) is 5.83. The molecule has 0 saturated heterocycles. The van der Waals surface area contributed by atoms with Crippen LogP contribution in [0.5, 0.6) is 0 Å². The van der Waals surface area contributed by atoms with Crippen molar-refractivity contribution >= 4 is 21.6 Å². The SMILES string of the molecule is Cc1c(CN)cnn1Cc1nc2ccccc2s1. The quantitative estimate of drug-likeness (QED) is 0.784. The molecular formula is C13H14N4S. The molecule has 5 heteroatoms. The van der Waals surface area contributed by atoms with E-state index in [1.165, 1.54) is 4.70 Å². The number of para-hydroxylation sites is 1. The molecule has 0 aliphatic rings. The van der Waals surface area contributed by atoms with E-state index in [2.05, 4.69) is 16.1 Å². The van der Waals surface area contributed by atoms with Gasteiger partial charge in [-0.1, -0.05) is 12.1 Å². The van der Waals surface area contributed by atoms with Gasteiger partial charge in [0.05, 0.1) is 23.0 Å². The molecule has 3 aromatic rings. The summed E-state index contributed by atoms with van der Waals surface area (Å²) >= 11 is 1.71. The Kier molecular flexibility index (Phi) is 2.85. The lowest BCUT2D eigenvalue weighted by atomic mass is 10.3. The minimum Gasteiger partial charge on any atom is -0.326 e. The summed E-state index contributed by atoms with van der Waals surface area (Å²) in [5.74, 6) is 0. The summed E-state index contributed by atoms with van der Waals surface area (Å²) in [6, 6.07) is 8.18. The zero-order valence-corrected chi connectivity index (χ0v) is 10.9. The highest BCUT2D eigenvalue weighted by atomic mass is 32.1. The Morgan fingerprint density at radius 1 is 1.33 bits per heavy atom. The van der Waals surface area contributed by atoms with Crippen LogP contribution in [0.4, 0.5) is 0 Å². The molecule has 3 rings (SSSR count). The highest BCUT2D eigenvalue weighted by molar-refractivity contribution is 7.18. The summed E-state index contributed by atoms with van der Waals surface area (Å²) in [4.78, 5) is 4.61. The molecule has 0 radical (unpaired) electrons. The second-order valence-electron chi connectivity index (χ2n) is 4.19. The molecular weight excluding hydrogens is 244 g/mol. The molecule has 0 unspecified atom stereocenters. The smallest absolute Gasteiger partial charge is 0.115 e.